The lowest BCUT2D eigenvalue weighted by Crippen LogP contribution is -2.18. The molecule has 8 heteroatoms. The summed E-state index contributed by atoms with van der Waals surface area (Å²) in [5, 5.41) is 14.0. The van der Waals surface area contributed by atoms with Crippen LogP contribution in [0.25, 0.3) is 0 Å². The first kappa shape index (κ1) is 17.0. The van der Waals surface area contributed by atoms with E-state index in [1.807, 2.05) is 0 Å². The Bertz CT molecular complexity index is 731. The molecule has 1 aromatic heterocycles. The second-order valence-electron chi connectivity index (χ2n) is 5.50. The van der Waals surface area contributed by atoms with Gasteiger partial charge in [0.25, 0.3) is 0 Å². The van der Waals surface area contributed by atoms with Crippen molar-refractivity contribution in [1.29, 1.82) is 0 Å². The molecule has 1 N–H and O–H groups in total. The number of aromatic nitrogens is 2. The van der Waals surface area contributed by atoms with Crippen molar-refractivity contribution < 1.29 is 27.8 Å². The number of aliphatic hydroxyl groups is 1. The van der Waals surface area contributed by atoms with Crippen LogP contribution in [0.15, 0.2) is 24.3 Å². The molecule has 5 nitrogen and oxygen atoms in total. The Morgan fingerprint density at radius 3 is 2.48 bits per heavy atom. The predicted octanol–water partition coefficient (Wildman–Crippen LogP) is 3.27. The van der Waals surface area contributed by atoms with Gasteiger partial charge < -0.3 is 9.84 Å². The highest BCUT2D eigenvalue weighted by molar-refractivity contribution is 5.81. The second kappa shape index (κ2) is 5.69. The van der Waals surface area contributed by atoms with Gasteiger partial charge in [0.15, 0.2) is 6.29 Å². The topological polar surface area (TPSA) is 64.3 Å². The number of carbonyl (C=O) groups is 1. The molecule has 124 valence electrons. The molecule has 2 rings (SSSR count). The van der Waals surface area contributed by atoms with Gasteiger partial charge in [-0.05, 0) is 32.0 Å². The van der Waals surface area contributed by atoms with Crippen molar-refractivity contribution in [3.05, 3.63) is 41.1 Å². The molecule has 1 aromatic carbocycles. The van der Waals surface area contributed by atoms with E-state index in [0.29, 0.717) is 6.29 Å². The fourth-order valence-corrected chi connectivity index (χ4v) is 2.05. The first-order valence-corrected chi connectivity index (χ1v) is 6.64. The summed E-state index contributed by atoms with van der Waals surface area (Å²) in [7, 11) is 1.46. The summed E-state index contributed by atoms with van der Waals surface area (Å²) in [4.78, 5) is 11.3. The van der Waals surface area contributed by atoms with E-state index < -0.39 is 17.3 Å². The molecule has 0 aliphatic heterocycles. The van der Waals surface area contributed by atoms with E-state index in [-0.39, 0.29) is 22.9 Å². The minimum absolute atomic E-state index is 0.0163. The lowest BCUT2D eigenvalue weighted by Gasteiger charge is -2.14. The zero-order valence-electron chi connectivity index (χ0n) is 12.7. The smallest absolute Gasteiger partial charge is 0.416 e. The van der Waals surface area contributed by atoms with Crippen LogP contribution in [0.4, 0.5) is 13.2 Å². The number of alkyl halides is 3. The van der Waals surface area contributed by atoms with Gasteiger partial charge in [0.2, 0.25) is 5.88 Å². The lowest BCUT2D eigenvalue weighted by molar-refractivity contribution is -0.137. The summed E-state index contributed by atoms with van der Waals surface area (Å²) in [6.07, 6.45) is -4.05. The van der Waals surface area contributed by atoms with Gasteiger partial charge in [0, 0.05) is 7.05 Å². The summed E-state index contributed by atoms with van der Waals surface area (Å²) >= 11 is 0. The number of rotatable bonds is 4. The van der Waals surface area contributed by atoms with Crippen LogP contribution in [0.3, 0.4) is 0 Å². The van der Waals surface area contributed by atoms with Crippen molar-refractivity contribution in [2.45, 2.75) is 25.6 Å². The van der Waals surface area contributed by atoms with Crippen LogP contribution in [-0.4, -0.2) is 21.2 Å². The molecule has 0 unspecified atom stereocenters. The molecule has 0 saturated heterocycles. The Morgan fingerprint density at radius 1 is 1.30 bits per heavy atom. The monoisotopic (exact) mass is 328 g/mol. The van der Waals surface area contributed by atoms with E-state index in [4.69, 9.17) is 4.74 Å². The highest BCUT2D eigenvalue weighted by atomic mass is 19.4. The van der Waals surface area contributed by atoms with Gasteiger partial charge in [-0.2, -0.15) is 18.3 Å². The third-order valence-corrected chi connectivity index (χ3v) is 3.10. The number of benzene rings is 1. The highest BCUT2D eigenvalue weighted by Crippen LogP contribution is 2.35. The quantitative estimate of drug-likeness (QED) is 0.875. The standard InChI is InChI=1S/C15H15F3N2O3/c1-14(2,22)12-11(8-21)13(20(3)19-12)23-10-6-4-5-9(7-10)15(16,17)18/h4-8,22H,1-3H3. The number of aldehydes is 1. The number of hydrogen-bond acceptors (Lipinski definition) is 4. The van der Waals surface area contributed by atoms with Crippen LogP contribution >= 0.6 is 0 Å². The molecule has 0 spiro atoms. The van der Waals surface area contributed by atoms with Crippen LogP contribution in [0, 0.1) is 0 Å². The maximum absolute atomic E-state index is 12.7. The number of ether oxygens (including phenoxy) is 1. The maximum atomic E-state index is 12.7. The van der Waals surface area contributed by atoms with Crippen LogP contribution in [0.5, 0.6) is 11.6 Å². The molecule has 0 aliphatic rings. The van der Waals surface area contributed by atoms with Gasteiger partial charge in [0.05, 0.1) is 5.56 Å². The summed E-state index contributed by atoms with van der Waals surface area (Å²) in [6, 6.07) is 4.27. The minimum Gasteiger partial charge on any atom is -0.439 e. The molecule has 0 bridgehead atoms. The molecule has 1 heterocycles. The molecule has 2 aromatic rings. The molecular weight excluding hydrogens is 313 g/mol. The molecular formula is C15H15F3N2O3. The fourth-order valence-electron chi connectivity index (χ4n) is 2.05. The van der Waals surface area contributed by atoms with Crippen LogP contribution in [0.2, 0.25) is 0 Å². The maximum Gasteiger partial charge on any atom is 0.416 e. The largest absolute Gasteiger partial charge is 0.439 e. The van der Waals surface area contributed by atoms with E-state index in [2.05, 4.69) is 5.10 Å². The highest BCUT2D eigenvalue weighted by Gasteiger charge is 2.31. The zero-order valence-corrected chi connectivity index (χ0v) is 12.7. The zero-order chi connectivity index (χ0) is 17.4. The molecule has 0 fully saturated rings. The van der Waals surface area contributed by atoms with E-state index in [1.165, 1.54) is 37.7 Å². The van der Waals surface area contributed by atoms with Crippen molar-refractivity contribution >= 4 is 6.29 Å². The third kappa shape index (κ3) is 3.53. The molecule has 23 heavy (non-hydrogen) atoms. The van der Waals surface area contributed by atoms with Crippen molar-refractivity contribution in [3.8, 4) is 11.6 Å². The van der Waals surface area contributed by atoms with E-state index in [0.717, 1.165) is 12.1 Å². The number of aryl methyl sites for hydroxylation is 1. The Kier molecular flexibility index (Phi) is 4.21. The summed E-state index contributed by atoms with van der Waals surface area (Å²) in [5.41, 5.74) is -2.20. The van der Waals surface area contributed by atoms with Gasteiger partial charge in [-0.1, -0.05) is 6.07 Å². The summed E-state index contributed by atoms with van der Waals surface area (Å²) < 4.78 is 44.8. The lowest BCUT2D eigenvalue weighted by atomic mass is 10.0. The average Bonchev–Trinajstić information content (AvgIpc) is 2.75. The molecule has 0 radical (unpaired) electrons. The SMILES string of the molecule is Cn1nc(C(C)(C)O)c(C=O)c1Oc1cccc(C(F)(F)F)c1. The Balaban J connectivity index is 2.45. The second-order valence-corrected chi connectivity index (χ2v) is 5.50. The predicted molar refractivity (Wildman–Crippen MR) is 75.4 cm³/mol. The third-order valence-electron chi connectivity index (χ3n) is 3.10. The van der Waals surface area contributed by atoms with E-state index >= 15 is 0 Å². The number of hydrogen-bond donors (Lipinski definition) is 1. The molecule has 0 aliphatic carbocycles. The van der Waals surface area contributed by atoms with Gasteiger partial charge in [-0.3, -0.25) is 4.79 Å². The number of carbonyl (C=O) groups excluding carboxylic acids is 1. The first-order valence-electron chi connectivity index (χ1n) is 6.64. The Hall–Kier alpha value is -2.35. The number of nitrogens with zero attached hydrogens (tertiary/aromatic N) is 2. The van der Waals surface area contributed by atoms with Crippen molar-refractivity contribution in [2.24, 2.45) is 7.05 Å². The normalized spacial score (nSPS) is 12.3. The van der Waals surface area contributed by atoms with Crippen molar-refractivity contribution in [2.75, 3.05) is 0 Å². The van der Waals surface area contributed by atoms with Crippen LogP contribution in [-0.2, 0) is 18.8 Å². The van der Waals surface area contributed by atoms with E-state index in [9.17, 15) is 23.1 Å². The summed E-state index contributed by atoms with van der Waals surface area (Å²) in [6.45, 7) is 2.88. The Labute approximate surface area is 130 Å². The fraction of sp³-hybridized carbons (Fsp3) is 0.333. The average molecular weight is 328 g/mol. The van der Waals surface area contributed by atoms with Crippen LogP contribution in [0.1, 0.15) is 35.5 Å². The summed E-state index contributed by atoms with van der Waals surface area (Å²) in [5.74, 6) is -0.135. The molecule has 0 atom stereocenters. The van der Waals surface area contributed by atoms with Gasteiger partial charge >= 0.3 is 6.18 Å². The molecule has 0 saturated carbocycles. The Morgan fingerprint density at radius 2 is 1.96 bits per heavy atom. The minimum atomic E-state index is -4.50. The van der Waals surface area contributed by atoms with Crippen molar-refractivity contribution in [3.63, 3.8) is 0 Å². The molecule has 0 amide bonds. The van der Waals surface area contributed by atoms with Gasteiger partial charge in [-0.15, -0.1) is 0 Å². The van der Waals surface area contributed by atoms with Crippen molar-refractivity contribution in [1.82, 2.24) is 9.78 Å². The first-order chi connectivity index (χ1) is 10.5. The van der Waals surface area contributed by atoms with Crippen LogP contribution < -0.4 is 4.74 Å². The number of halogens is 3. The van der Waals surface area contributed by atoms with E-state index in [1.54, 1.807) is 0 Å². The van der Waals surface area contributed by atoms with Gasteiger partial charge in [0.1, 0.15) is 22.6 Å². The van der Waals surface area contributed by atoms with Gasteiger partial charge in [-0.25, -0.2) is 4.68 Å².